The summed E-state index contributed by atoms with van der Waals surface area (Å²) in [7, 11) is 0. The minimum Gasteiger partial charge on any atom is -0.261 e. The van der Waals surface area contributed by atoms with E-state index >= 15 is 0 Å². The van der Waals surface area contributed by atoms with Crippen LogP contribution >= 0.6 is 15.9 Å². The molecule has 3 nitrogen and oxygen atoms in total. The summed E-state index contributed by atoms with van der Waals surface area (Å²) in [6, 6.07) is 12.7. The highest BCUT2D eigenvalue weighted by atomic mass is 79.9. The first-order valence-electron chi connectivity index (χ1n) is 7.05. The van der Waals surface area contributed by atoms with E-state index in [4.69, 9.17) is 5.10 Å². The maximum absolute atomic E-state index is 4.82. The molecule has 3 aromatic rings. The number of fused-ring (bicyclic) bond motifs is 1. The Hall–Kier alpha value is -1.94. The van der Waals surface area contributed by atoms with E-state index < -0.39 is 0 Å². The van der Waals surface area contributed by atoms with Crippen LogP contribution in [0.1, 0.15) is 29.2 Å². The zero-order valence-electron chi connectivity index (χ0n) is 11.4. The van der Waals surface area contributed by atoms with Crippen molar-refractivity contribution in [2.24, 2.45) is 0 Å². The van der Waals surface area contributed by atoms with Crippen LogP contribution in [0.25, 0.3) is 5.69 Å². The summed E-state index contributed by atoms with van der Waals surface area (Å²) < 4.78 is 2.91. The van der Waals surface area contributed by atoms with Gasteiger partial charge < -0.3 is 0 Å². The van der Waals surface area contributed by atoms with Crippen molar-refractivity contribution in [1.29, 1.82) is 0 Å². The fourth-order valence-corrected chi connectivity index (χ4v) is 3.37. The van der Waals surface area contributed by atoms with Crippen molar-refractivity contribution in [3.8, 4) is 5.69 Å². The highest BCUT2D eigenvalue weighted by Crippen LogP contribution is 2.37. The molecule has 4 heteroatoms. The summed E-state index contributed by atoms with van der Waals surface area (Å²) in [6.07, 6.45) is 8.01. The summed E-state index contributed by atoms with van der Waals surface area (Å²) in [6.45, 7) is 0. The van der Waals surface area contributed by atoms with Gasteiger partial charge in [0.05, 0.1) is 17.6 Å². The topological polar surface area (TPSA) is 30.7 Å². The standard InChI is InChI=1S/C17H14BrN3/c18-14-8-15(10-19-9-14)21-11-13-6-7-16(17(13)20-21)12-4-2-1-3-5-12/h1-5,8-11,16H,6-7H2/t16-/m1/s1. The zero-order chi connectivity index (χ0) is 14.2. The van der Waals surface area contributed by atoms with E-state index in [-0.39, 0.29) is 0 Å². The first kappa shape index (κ1) is 12.8. The molecule has 1 aliphatic carbocycles. The van der Waals surface area contributed by atoms with Gasteiger partial charge in [-0.25, -0.2) is 4.68 Å². The van der Waals surface area contributed by atoms with Crippen LogP contribution in [0.15, 0.2) is 59.5 Å². The Bertz CT molecular complexity index is 780. The third-order valence-electron chi connectivity index (χ3n) is 4.01. The van der Waals surface area contributed by atoms with Gasteiger partial charge in [-0.15, -0.1) is 0 Å². The molecule has 0 saturated carbocycles. The molecule has 104 valence electrons. The van der Waals surface area contributed by atoms with Crippen molar-refractivity contribution in [2.75, 3.05) is 0 Å². The number of benzene rings is 1. The lowest BCUT2D eigenvalue weighted by atomic mass is 9.97. The van der Waals surface area contributed by atoms with Crippen molar-refractivity contribution in [2.45, 2.75) is 18.8 Å². The van der Waals surface area contributed by atoms with Crippen molar-refractivity contribution < 1.29 is 0 Å². The molecule has 0 aliphatic heterocycles. The molecule has 1 aromatic carbocycles. The van der Waals surface area contributed by atoms with E-state index in [0.29, 0.717) is 5.92 Å². The summed E-state index contributed by atoms with van der Waals surface area (Å²) in [5, 5.41) is 4.82. The molecule has 1 atom stereocenters. The first-order valence-corrected chi connectivity index (χ1v) is 7.85. The Morgan fingerprint density at radius 3 is 2.81 bits per heavy atom. The number of rotatable bonds is 2. The average Bonchev–Trinajstić information content (AvgIpc) is 3.08. The monoisotopic (exact) mass is 339 g/mol. The molecule has 21 heavy (non-hydrogen) atoms. The van der Waals surface area contributed by atoms with Crippen LogP contribution in [-0.4, -0.2) is 14.8 Å². The second kappa shape index (κ2) is 5.11. The molecule has 4 rings (SSSR count). The number of hydrogen-bond acceptors (Lipinski definition) is 2. The Balaban J connectivity index is 1.74. The largest absolute Gasteiger partial charge is 0.261 e. The zero-order valence-corrected chi connectivity index (χ0v) is 13.0. The molecule has 0 saturated heterocycles. The van der Waals surface area contributed by atoms with Crippen LogP contribution < -0.4 is 0 Å². The fraction of sp³-hybridized carbons (Fsp3) is 0.176. The lowest BCUT2D eigenvalue weighted by Crippen LogP contribution is -2.01. The summed E-state index contributed by atoms with van der Waals surface area (Å²) >= 11 is 3.46. The minimum absolute atomic E-state index is 0.419. The normalized spacial score (nSPS) is 16.9. The van der Waals surface area contributed by atoms with Crippen molar-refractivity contribution in [3.63, 3.8) is 0 Å². The maximum Gasteiger partial charge on any atom is 0.0840 e. The van der Waals surface area contributed by atoms with Crippen molar-refractivity contribution in [1.82, 2.24) is 14.8 Å². The smallest absolute Gasteiger partial charge is 0.0840 e. The third-order valence-corrected chi connectivity index (χ3v) is 4.45. The van der Waals surface area contributed by atoms with E-state index in [2.05, 4.69) is 57.4 Å². The van der Waals surface area contributed by atoms with Crippen LogP contribution in [0, 0.1) is 0 Å². The SMILES string of the molecule is Brc1cncc(-n2cc3c(n2)[C@@H](c2ccccc2)CC3)c1. The molecule has 1 aliphatic rings. The maximum atomic E-state index is 4.82. The van der Waals surface area contributed by atoms with Gasteiger partial charge in [-0.05, 0) is 46.0 Å². The van der Waals surface area contributed by atoms with Crippen molar-refractivity contribution in [3.05, 3.63) is 76.3 Å². The van der Waals surface area contributed by atoms with Gasteiger partial charge in [0.25, 0.3) is 0 Å². The van der Waals surface area contributed by atoms with Crippen LogP contribution in [0.5, 0.6) is 0 Å². The quantitative estimate of drug-likeness (QED) is 0.703. The number of aromatic nitrogens is 3. The molecule has 0 radical (unpaired) electrons. The highest BCUT2D eigenvalue weighted by molar-refractivity contribution is 9.10. The van der Waals surface area contributed by atoms with Crippen molar-refractivity contribution >= 4 is 15.9 Å². The van der Waals surface area contributed by atoms with Crippen LogP contribution in [-0.2, 0) is 6.42 Å². The van der Waals surface area contributed by atoms with E-state index in [9.17, 15) is 0 Å². The Kier molecular flexibility index (Phi) is 3.11. The average molecular weight is 340 g/mol. The van der Waals surface area contributed by atoms with Gasteiger partial charge in [0, 0.05) is 22.8 Å². The molecule has 0 unspecified atom stereocenters. The number of aryl methyl sites for hydroxylation is 1. The summed E-state index contributed by atoms with van der Waals surface area (Å²) in [5.41, 5.74) is 4.91. The highest BCUT2D eigenvalue weighted by Gasteiger charge is 2.27. The molecule has 0 spiro atoms. The van der Waals surface area contributed by atoms with Gasteiger partial charge in [0.2, 0.25) is 0 Å². The van der Waals surface area contributed by atoms with E-state index in [1.165, 1.54) is 16.8 Å². The van der Waals surface area contributed by atoms with Gasteiger partial charge in [-0.3, -0.25) is 4.98 Å². The second-order valence-corrected chi connectivity index (χ2v) is 6.26. The minimum atomic E-state index is 0.419. The number of hydrogen-bond donors (Lipinski definition) is 0. The molecular weight excluding hydrogens is 326 g/mol. The van der Waals surface area contributed by atoms with Gasteiger partial charge in [-0.1, -0.05) is 30.3 Å². The molecule has 0 N–H and O–H groups in total. The van der Waals surface area contributed by atoms with Gasteiger partial charge in [-0.2, -0.15) is 5.10 Å². The van der Waals surface area contributed by atoms with Gasteiger partial charge in [0.1, 0.15) is 0 Å². The molecule has 0 bridgehead atoms. The molecule has 0 amide bonds. The second-order valence-electron chi connectivity index (χ2n) is 5.35. The fourth-order valence-electron chi connectivity index (χ4n) is 3.01. The van der Waals surface area contributed by atoms with Gasteiger partial charge in [0.15, 0.2) is 0 Å². The molecule has 2 heterocycles. The Morgan fingerprint density at radius 1 is 1.14 bits per heavy atom. The predicted molar refractivity (Wildman–Crippen MR) is 85.7 cm³/mol. The first-order chi connectivity index (χ1) is 10.3. The number of nitrogens with zero attached hydrogens (tertiary/aromatic N) is 3. The lowest BCUT2D eigenvalue weighted by Gasteiger charge is -2.09. The van der Waals surface area contributed by atoms with Crippen LogP contribution in [0.2, 0.25) is 0 Å². The van der Waals surface area contributed by atoms with E-state index in [0.717, 1.165) is 23.0 Å². The van der Waals surface area contributed by atoms with Gasteiger partial charge >= 0.3 is 0 Å². The van der Waals surface area contributed by atoms with Crippen LogP contribution in [0.4, 0.5) is 0 Å². The van der Waals surface area contributed by atoms with E-state index in [1.54, 1.807) is 6.20 Å². The molecular formula is C17H14BrN3. The molecule has 0 fully saturated rings. The van der Waals surface area contributed by atoms with Crippen LogP contribution in [0.3, 0.4) is 0 Å². The van der Waals surface area contributed by atoms with E-state index in [1.807, 2.05) is 16.9 Å². The lowest BCUT2D eigenvalue weighted by molar-refractivity contribution is 0.725. The molecule has 2 aromatic heterocycles. The third kappa shape index (κ3) is 2.29. The number of halogens is 1. The Morgan fingerprint density at radius 2 is 2.00 bits per heavy atom. The summed E-state index contributed by atoms with van der Waals surface area (Å²) in [5.74, 6) is 0.419. The predicted octanol–water partition coefficient (Wildman–Crippen LogP) is 4.11. The Labute approximate surface area is 131 Å². The summed E-state index contributed by atoms with van der Waals surface area (Å²) in [4.78, 5) is 4.21. The number of pyridine rings is 1.